The fraction of sp³-hybridized carbons (Fsp3) is 0.538. The highest BCUT2D eigenvalue weighted by Crippen LogP contribution is 2.41. The molecule has 1 aromatic carbocycles. The third-order valence-electron chi connectivity index (χ3n) is 3.67. The van der Waals surface area contributed by atoms with Crippen molar-refractivity contribution in [2.45, 2.75) is 31.8 Å². The fourth-order valence-electron chi connectivity index (χ4n) is 2.64. The van der Waals surface area contributed by atoms with E-state index in [1.807, 2.05) is 18.2 Å². The van der Waals surface area contributed by atoms with Crippen molar-refractivity contribution < 1.29 is 5.11 Å². The minimum Gasteiger partial charge on any atom is -0.385 e. The zero-order chi connectivity index (χ0) is 10.9. The topological polar surface area (TPSA) is 46.2 Å². The molecule has 0 saturated carbocycles. The quantitative estimate of drug-likeness (QED) is 0.773. The maximum Gasteiger partial charge on any atom is 0.0936 e. The average molecular weight is 205 g/mol. The summed E-state index contributed by atoms with van der Waals surface area (Å²) >= 11 is 0. The molecule has 2 heteroatoms. The van der Waals surface area contributed by atoms with Crippen molar-refractivity contribution in [1.82, 2.24) is 0 Å². The second kappa shape index (κ2) is 3.95. The van der Waals surface area contributed by atoms with E-state index in [4.69, 9.17) is 5.73 Å². The van der Waals surface area contributed by atoms with Gasteiger partial charge < -0.3 is 10.8 Å². The molecule has 0 amide bonds. The minimum atomic E-state index is -0.705. The maximum atomic E-state index is 10.7. The lowest BCUT2D eigenvalue weighted by Crippen LogP contribution is -2.39. The Hall–Kier alpha value is -0.860. The van der Waals surface area contributed by atoms with Crippen LogP contribution in [0.5, 0.6) is 0 Å². The molecule has 0 spiro atoms. The predicted octanol–water partition coefficient (Wildman–Crippen LogP) is 1.81. The number of fused-ring (bicyclic) bond motifs is 1. The van der Waals surface area contributed by atoms with Crippen LogP contribution in [0, 0.1) is 5.92 Å². The molecule has 1 aliphatic rings. The Kier molecular flexibility index (Phi) is 2.81. The second-order valence-corrected chi connectivity index (χ2v) is 4.56. The van der Waals surface area contributed by atoms with E-state index in [2.05, 4.69) is 13.0 Å². The van der Waals surface area contributed by atoms with Gasteiger partial charge in [-0.2, -0.15) is 0 Å². The number of hydrogen-bond acceptors (Lipinski definition) is 2. The molecule has 2 unspecified atom stereocenters. The first-order chi connectivity index (χ1) is 7.18. The average Bonchev–Trinajstić information content (AvgIpc) is 2.25. The highest BCUT2D eigenvalue weighted by molar-refractivity contribution is 5.35. The lowest BCUT2D eigenvalue weighted by atomic mass is 9.71. The Labute approximate surface area is 91.1 Å². The number of rotatable bonds is 2. The molecule has 0 aliphatic heterocycles. The summed E-state index contributed by atoms with van der Waals surface area (Å²) in [5, 5.41) is 10.7. The van der Waals surface area contributed by atoms with Crippen molar-refractivity contribution in [3.8, 4) is 0 Å². The van der Waals surface area contributed by atoms with Crippen LogP contribution in [0.25, 0.3) is 0 Å². The summed E-state index contributed by atoms with van der Waals surface area (Å²) in [6.07, 6.45) is 2.78. The Morgan fingerprint density at radius 1 is 1.47 bits per heavy atom. The Morgan fingerprint density at radius 3 is 2.93 bits per heavy atom. The van der Waals surface area contributed by atoms with Crippen LogP contribution >= 0.6 is 0 Å². The van der Waals surface area contributed by atoms with Crippen molar-refractivity contribution in [3.05, 3.63) is 35.4 Å². The summed E-state index contributed by atoms with van der Waals surface area (Å²) in [6, 6.07) is 8.19. The summed E-state index contributed by atoms with van der Waals surface area (Å²) in [6.45, 7) is 2.65. The summed E-state index contributed by atoms with van der Waals surface area (Å²) in [5.74, 6) is 0.302. The van der Waals surface area contributed by atoms with Gasteiger partial charge in [0.15, 0.2) is 0 Å². The van der Waals surface area contributed by atoms with Gasteiger partial charge in [-0.15, -0.1) is 0 Å². The van der Waals surface area contributed by atoms with Crippen LogP contribution in [-0.2, 0) is 12.0 Å². The van der Waals surface area contributed by atoms with Gasteiger partial charge in [-0.3, -0.25) is 0 Å². The summed E-state index contributed by atoms with van der Waals surface area (Å²) in [7, 11) is 0. The molecule has 2 rings (SSSR count). The SMILES string of the molecule is CC1CCc2ccccc2C1(O)CCN. The standard InChI is InChI=1S/C13H19NO/c1-10-6-7-11-4-2-3-5-12(11)13(10,15)8-9-14/h2-5,10,15H,6-9,14H2,1H3. The van der Waals surface area contributed by atoms with Crippen LogP contribution in [0.1, 0.15) is 30.9 Å². The van der Waals surface area contributed by atoms with Crippen LogP contribution in [0.2, 0.25) is 0 Å². The van der Waals surface area contributed by atoms with Gasteiger partial charge in [0.25, 0.3) is 0 Å². The van der Waals surface area contributed by atoms with Gasteiger partial charge in [-0.05, 0) is 42.9 Å². The van der Waals surface area contributed by atoms with E-state index in [-0.39, 0.29) is 0 Å². The molecule has 0 aromatic heterocycles. The first kappa shape index (κ1) is 10.7. The molecule has 0 bridgehead atoms. The van der Waals surface area contributed by atoms with Crippen LogP contribution in [-0.4, -0.2) is 11.7 Å². The van der Waals surface area contributed by atoms with Crippen LogP contribution in [0.4, 0.5) is 0 Å². The molecule has 0 heterocycles. The predicted molar refractivity (Wildman–Crippen MR) is 61.5 cm³/mol. The van der Waals surface area contributed by atoms with Gasteiger partial charge in [-0.25, -0.2) is 0 Å². The van der Waals surface area contributed by atoms with Gasteiger partial charge in [0.05, 0.1) is 5.60 Å². The van der Waals surface area contributed by atoms with E-state index < -0.39 is 5.60 Å². The molecular formula is C13H19NO. The molecule has 1 aliphatic carbocycles. The number of benzene rings is 1. The van der Waals surface area contributed by atoms with Gasteiger partial charge in [0, 0.05) is 0 Å². The smallest absolute Gasteiger partial charge is 0.0936 e. The number of nitrogens with two attached hydrogens (primary N) is 1. The van der Waals surface area contributed by atoms with Crippen molar-refractivity contribution in [2.75, 3.05) is 6.54 Å². The fourth-order valence-corrected chi connectivity index (χ4v) is 2.64. The van der Waals surface area contributed by atoms with E-state index in [0.29, 0.717) is 18.9 Å². The van der Waals surface area contributed by atoms with Gasteiger partial charge >= 0.3 is 0 Å². The summed E-state index contributed by atoms with van der Waals surface area (Å²) in [5.41, 5.74) is 7.27. The maximum absolute atomic E-state index is 10.7. The highest BCUT2D eigenvalue weighted by atomic mass is 16.3. The first-order valence-corrected chi connectivity index (χ1v) is 5.69. The van der Waals surface area contributed by atoms with E-state index in [1.165, 1.54) is 5.56 Å². The zero-order valence-corrected chi connectivity index (χ0v) is 9.24. The lowest BCUT2D eigenvalue weighted by Gasteiger charge is -2.40. The first-order valence-electron chi connectivity index (χ1n) is 5.69. The van der Waals surface area contributed by atoms with Crippen molar-refractivity contribution in [3.63, 3.8) is 0 Å². The zero-order valence-electron chi connectivity index (χ0n) is 9.24. The van der Waals surface area contributed by atoms with E-state index in [9.17, 15) is 5.11 Å². The second-order valence-electron chi connectivity index (χ2n) is 4.56. The highest BCUT2D eigenvalue weighted by Gasteiger charge is 2.39. The van der Waals surface area contributed by atoms with Crippen molar-refractivity contribution in [2.24, 2.45) is 11.7 Å². The van der Waals surface area contributed by atoms with Crippen LogP contribution in [0.3, 0.4) is 0 Å². The number of aliphatic hydroxyl groups is 1. The Balaban J connectivity index is 2.45. The molecule has 2 atom stereocenters. The van der Waals surface area contributed by atoms with Gasteiger partial charge in [0.1, 0.15) is 0 Å². The van der Waals surface area contributed by atoms with E-state index in [1.54, 1.807) is 0 Å². The number of aryl methyl sites for hydroxylation is 1. The summed E-state index contributed by atoms with van der Waals surface area (Å²) < 4.78 is 0. The van der Waals surface area contributed by atoms with Crippen LogP contribution in [0.15, 0.2) is 24.3 Å². The van der Waals surface area contributed by atoms with Gasteiger partial charge in [0.2, 0.25) is 0 Å². The molecule has 2 nitrogen and oxygen atoms in total. The molecular weight excluding hydrogens is 186 g/mol. The Bertz CT molecular complexity index is 350. The largest absolute Gasteiger partial charge is 0.385 e. The van der Waals surface area contributed by atoms with E-state index >= 15 is 0 Å². The van der Waals surface area contributed by atoms with Gasteiger partial charge in [-0.1, -0.05) is 31.2 Å². The molecule has 0 fully saturated rings. The molecule has 15 heavy (non-hydrogen) atoms. The molecule has 3 N–H and O–H groups in total. The van der Waals surface area contributed by atoms with Crippen LogP contribution < -0.4 is 5.73 Å². The number of hydrogen-bond donors (Lipinski definition) is 2. The molecule has 0 saturated heterocycles. The third kappa shape index (κ3) is 1.68. The Morgan fingerprint density at radius 2 is 2.20 bits per heavy atom. The van der Waals surface area contributed by atoms with Crippen molar-refractivity contribution in [1.29, 1.82) is 0 Å². The monoisotopic (exact) mass is 205 g/mol. The normalized spacial score (nSPS) is 29.9. The van der Waals surface area contributed by atoms with E-state index in [0.717, 1.165) is 18.4 Å². The third-order valence-corrected chi connectivity index (χ3v) is 3.67. The molecule has 0 radical (unpaired) electrons. The minimum absolute atomic E-state index is 0.302. The van der Waals surface area contributed by atoms with Crippen molar-refractivity contribution >= 4 is 0 Å². The summed E-state index contributed by atoms with van der Waals surface area (Å²) in [4.78, 5) is 0. The lowest BCUT2D eigenvalue weighted by molar-refractivity contribution is -0.0333. The molecule has 82 valence electrons. The molecule has 1 aromatic rings.